The molecule has 6 N–H and O–H groups in total. The van der Waals surface area contributed by atoms with Crippen molar-refractivity contribution in [1.82, 2.24) is 10.6 Å². The zero-order chi connectivity index (χ0) is 25.6. The zero-order valence-corrected chi connectivity index (χ0v) is 21.0. The Kier molecular flexibility index (Phi) is 8.92. The van der Waals surface area contributed by atoms with Crippen molar-refractivity contribution in [3.05, 3.63) is 64.7 Å². The number of primary amides is 1. The Balaban J connectivity index is 1.80. The van der Waals surface area contributed by atoms with Gasteiger partial charge in [0.1, 0.15) is 5.75 Å². The van der Waals surface area contributed by atoms with Gasteiger partial charge in [-0.15, -0.1) is 0 Å². The molecule has 35 heavy (non-hydrogen) atoms. The lowest BCUT2D eigenvalue weighted by molar-refractivity contribution is -0.120. The van der Waals surface area contributed by atoms with Crippen molar-refractivity contribution in [3.8, 4) is 5.75 Å². The van der Waals surface area contributed by atoms with Gasteiger partial charge in [-0.3, -0.25) is 9.59 Å². The second-order valence-electron chi connectivity index (χ2n) is 10.1. The lowest BCUT2D eigenvalue weighted by Gasteiger charge is -2.40. The van der Waals surface area contributed by atoms with Crippen LogP contribution in [0.5, 0.6) is 5.75 Å². The van der Waals surface area contributed by atoms with Gasteiger partial charge in [-0.1, -0.05) is 63.4 Å². The molecule has 2 unspecified atom stereocenters. The summed E-state index contributed by atoms with van der Waals surface area (Å²) in [5.74, 6) is -0.742. The van der Waals surface area contributed by atoms with Gasteiger partial charge in [0, 0.05) is 19.0 Å². The Bertz CT molecular complexity index is 1030. The molecule has 2 aromatic rings. The summed E-state index contributed by atoms with van der Waals surface area (Å²) in [7, 11) is 0. The number of aliphatic hydroxyl groups is 1. The maximum Gasteiger partial charge on any atom is 0.252 e. The minimum absolute atomic E-state index is 0.0166. The van der Waals surface area contributed by atoms with Crippen LogP contribution in [0.4, 0.5) is 0 Å². The van der Waals surface area contributed by atoms with Gasteiger partial charge < -0.3 is 26.6 Å². The number of amides is 2. The first-order valence-electron chi connectivity index (χ1n) is 12.5. The van der Waals surface area contributed by atoms with Gasteiger partial charge in [0.05, 0.1) is 17.7 Å². The second kappa shape index (κ2) is 11.7. The zero-order valence-electron chi connectivity index (χ0n) is 21.0. The Morgan fingerprint density at radius 2 is 1.80 bits per heavy atom. The van der Waals surface area contributed by atoms with E-state index in [4.69, 9.17) is 5.73 Å². The minimum Gasteiger partial charge on any atom is -0.507 e. The van der Waals surface area contributed by atoms with E-state index in [9.17, 15) is 19.8 Å². The van der Waals surface area contributed by atoms with E-state index in [0.717, 1.165) is 25.7 Å². The van der Waals surface area contributed by atoms with Gasteiger partial charge in [0.15, 0.2) is 0 Å². The summed E-state index contributed by atoms with van der Waals surface area (Å²) in [5, 5.41) is 27.6. The summed E-state index contributed by atoms with van der Waals surface area (Å²) in [6.07, 6.45) is 4.85. The van der Waals surface area contributed by atoms with E-state index >= 15 is 0 Å². The summed E-state index contributed by atoms with van der Waals surface area (Å²) in [6, 6.07) is 12.7. The normalized spacial score (nSPS) is 17.1. The number of aromatic hydroxyl groups is 1. The number of hydrogen-bond donors (Lipinski definition) is 5. The molecule has 1 aliphatic carbocycles. The molecule has 0 aliphatic heterocycles. The molecule has 0 spiro atoms. The molecule has 0 bridgehead atoms. The highest BCUT2D eigenvalue weighted by Gasteiger charge is 2.35. The summed E-state index contributed by atoms with van der Waals surface area (Å²) < 4.78 is 0. The first kappa shape index (κ1) is 26.7. The first-order valence-corrected chi connectivity index (χ1v) is 12.5. The molecule has 7 nitrogen and oxygen atoms in total. The number of hydrogen-bond acceptors (Lipinski definition) is 5. The highest BCUT2D eigenvalue weighted by atomic mass is 16.3. The third-order valence-electron chi connectivity index (χ3n) is 7.10. The third kappa shape index (κ3) is 6.83. The maximum atomic E-state index is 11.9. The molecule has 3 rings (SSSR count). The molecule has 0 saturated heterocycles. The number of carbonyl (C=O) groups is 2. The predicted molar refractivity (Wildman–Crippen MR) is 137 cm³/mol. The van der Waals surface area contributed by atoms with Crippen LogP contribution in [0.1, 0.15) is 85.8 Å². The van der Waals surface area contributed by atoms with Crippen LogP contribution in [0.3, 0.4) is 0 Å². The molecule has 7 heteroatoms. The van der Waals surface area contributed by atoms with E-state index in [2.05, 4.69) is 48.7 Å². The Morgan fingerprint density at radius 3 is 2.43 bits per heavy atom. The van der Waals surface area contributed by atoms with E-state index < -0.39 is 18.1 Å². The van der Waals surface area contributed by atoms with Crippen molar-refractivity contribution in [1.29, 1.82) is 0 Å². The molecule has 1 aliphatic rings. The fraction of sp³-hybridized carbons (Fsp3) is 0.500. The van der Waals surface area contributed by atoms with E-state index in [1.54, 1.807) is 6.07 Å². The quantitative estimate of drug-likeness (QED) is 0.355. The molecule has 0 heterocycles. The molecule has 0 radical (unpaired) electrons. The molecular formula is C28H39N3O4. The average molecular weight is 482 g/mol. The molecule has 2 aromatic carbocycles. The molecule has 2 atom stereocenters. The Hall–Kier alpha value is -2.90. The summed E-state index contributed by atoms with van der Waals surface area (Å²) in [4.78, 5) is 23.5. The smallest absolute Gasteiger partial charge is 0.252 e. The fourth-order valence-corrected chi connectivity index (χ4v) is 5.07. The lowest BCUT2D eigenvalue weighted by Crippen LogP contribution is -2.53. The van der Waals surface area contributed by atoms with Crippen molar-refractivity contribution in [3.63, 3.8) is 0 Å². The van der Waals surface area contributed by atoms with Crippen molar-refractivity contribution in [2.75, 3.05) is 6.54 Å². The lowest BCUT2D eigenvalue weighted by atomic mass is 9.75. The van der Waals surface area contributed by atoms with Crippen LogP contribution >= 0.6 is 0 Å². The number of nitrogens with two attached hydrogens (primary N) is 1. The van der Waals surface area contributed by atoms with E-state index in [1.165, 1.54) is 36.6 Å². The van der Waals surface area contributed by atoms with Gasteiger partial charge in [-0.2, -0.15) is 0 Å². The Labute approximate surface area is 208 Å². The van der Waals surface area contributed by atoms with Crippen LogP contribution in [-0.2, 0) is 16.8 Å². The fourth-order valence-electron chi connectivity index (χ4n) is 5.07. The number of carbonyl (C=O) groups excluding carboxylic acids is 2. The van der Waals surface area contributed by atoms with E-state index in [1.807, 2.05) is 0 Å². The molecular weight excluding hydrogens is 442 g/mol. The number of nitrogens with one attached hydrogen (secondary N) is 2. The van der Waals surface area contributed by atoms with Crippen molar-refractivity contribution < 1.29 is 19.8 Å². The second-order valence-corrected chi connectivity index (χ2v) is 10.1. The van der Waals surface area contributed by atoms with Crippen molar-refractivity contribution >= 4 is 11.8 Å². The first-order chi connectivity index (χ1) is 16.6. The van der Waals surface area contributed by atoms with Gasteiger partial charge in [0.25, 0.3) is 5.91 Å². The molecule has 1 fully saturated rings. The minimum atomic E-state index is -0.864. The van der Waals surface area contributed by atoms with Crippen LogP contribution in [0.15, 0.2) is 42.5 Å². The number of benzene rings is 2. The van der Waals surface area contributed by atoms with Crippen LogP contribution < -0.4 is 16.4 Å². The van der Waals surface area contributed by atoms with Crippen LogP contribution in [0, 0.1) is 0 Å². The SMILES string of the molecule is CC(=O)NC(Cc1ccc(O)c(C(N)=O)c1)C(O)CNC1(c2cccc(C(C)C)c2)CCCCC1. The predicted octanol–water partition coefficient (Wildman–Crippen LogP) is 3.47. The van der Waals surface area contributed by atoms with Gasteiger partial charge >= 0.3 is 0 Å². The average Bonchev–Trinajstić information content (AvgIpc) is 2.83. The highest BCUT2D eigenvalue weighted by Crippen LogP contribution is 2.38. The van der Waals surface area contributed by atoms with Crippen LogP contribution in [-0.4, -0.2) is 40.7 Å². The Morgan fingerprint density at radius 1 is 1.09 bits per heavy atom. The van der Waals surface area contributed by atoms with E-state index in [-0.39, 0.29) is 22.8 Å². The van der Waals surface area contributed by atoms with Crippen LogP contribution in [0.25, 0.3) is 0 Å². The monoisotopic (exact) mass is 481 g/mol. The summed E-state index contributed by atoms with van der Waals surface area (Å²) in [6.45, 7) is 6.10. The summed E-state index contributed by atoms with van der Waals surface area (Å²) >= 11 is 0. The number of aliphatic hydroxyl groups excluding tert-OH is 1. The molecule has 1 saturated carbocycles. The van der Waals surface area contributed by atoms with Crippen molar-refractivity contribution in [2.24, 2.45) is 5.73 Å². The molecule has 2 amide bonds. The highest BCUT2D eigenvalue weighted by molar-refractivity contribution is 5.95. The number of rotatable bonds is 10. The van der Waals surface area contributed by atoms with Crippen molar-refractivity contribution in [2.45, 2.75) is 82.9 Å². The third-order valence-corrected chi connectivity index (χ3v) is 7.10. The van der Waals surface area contributed by atoms with E-state index in [0.29, 0.717) is 24.4 Å². The van der Waals surface area contributed by atoms with Crippen LogP contribution in [0.2, 0.25) is 0 Å². The molecule has 0 aromatic heterocycles. The molecule has 190 valence electrons. The summed E-state index contributed by atoms with van der Waals surface area (Å²) in [5.41, 5.74) is 8.38. The van der Waals surface area contributed by atoms with Gasteiger partial charge in [-0.25, -0.2) is 0 Å². The largest absolute Gasteiger partial charge is 0.507 e. The standard InChI is InChI=1S/C28H39N3O4/c1-18(2)21-8-7-9-22(16-21)28(12-5-4-6-13-28)30-17-26(34)24(31-19(3)32)15-20-10-11-25(33)23(14-20)27(29)35/h7-11,14,16,18,24,26,30,33-34H,4-6,12-13,15,17H2,1-3H3,(H2,29,35)(H,31,32). The maximum absolute atomic E-state index is 11.9. The number of phenols is 1. The topological polar surface area (TPSA) is 125 Å². The van der Waals surface area contributed by atoms with Gasteiger partial charge in [0.2, 0.25) is 5.91 Å². The van der Waals surface area contributed by atoms with Gasteiger partial charge in [-0.05, 0) is 54.0 Å².